The van der Waals surface area contributed by atoms with Crippen molar-refractivity contribution in [2.45, 2.75) is 188 Å². The summed E-state index contributed by atoms with van der Waals surface area (Å²) < 4.78 is 10.1. The molecule has 1 N–H and O–H groups in total. The van der Waals surface area contributed by atoms with Crippen molar-refractivity contribution < 1.29 is 24.2 Å². The SMILES string of the molecule is C=CC/C=C/CCCCCCCC(=O)OCC(O)COC(=O)CCCCCCC.C=CCCCCCCCC.CCCCC. The first kappa shape index (κ1) is 46.5. The normalized spacial score (nSPS) is 11.1. The Morgan fingerprint density at radius 1 is 0.545 bits per heavy atom. The highest BCUT2D eigenvalue weighted by atomic mass is 16.6. The summed E-state index contributed by atoms with van der Waals surface area (Å²) in [6, 6.07) is 0. The van der Waals surface area contributed by atoms with E-state index in [0.717, 1.165) is 57.8 Å². The fourth-order valence-electron chi connectivity index (χ4n) is 4.24. The van der Waals surface area contributed by atoms with Crippen molar-refractivity contribution in [1.29, 1.82) is 0 Å². The van der Waals surface area contributed by atoms with Gasteiger partial charge in [0.1, 0.15) is 19.3 Å². The molecule has 0 rings (SSSR count). The van der Waals surface area contributed by atoms with Gasteiger partial charge < -0.3 is 14.6 Å². The minimum atomic E-state index is -0.961. The van der Waals surface area contributed by atoms with Crippen LogP contribution in [0.2, 0.25) is 0 Å². The third-order valence-electron chi connectivity index (χ3n) is 7.05. The van der Waals surface area contributed by atoms with Crippen LogP contribution in [0.25, 0.3) is 0 Å². The predicted octanol–water partition coefficient (Wildman–Crippen LogP) is 11.8. The van der Waals surface area contributed by atoms with Gasteiger partial charge in [0.25, 0.3) is 0 Å². The van der Waals surface area contributed by atoms with Gasteiger partial charge in [-0.2, -0.15) is 0 Å². The summed E-state index contributed by atoms with van der Waals surface area (Å²) in [7, 11) is 0. The van der Waals surface area contributed by atoms with E-state index in [0.29, 0.717) is 12.8 Å². The number of carbonyl (C=O) groups excluding carboxylic acids is 2. The predicted molar refractivity (Wildman–Crippen MR) is 191 cm³/mol. The largest absolute Gasteiger partial charge is 0.463 e. The highest BCUT2D eigenvalue weighted by molar-refractivity contribution is 5.69. The summed E-state index contributed by atoms with van der Waals surface area (Å²) in [4.78, 5) is 23.3. The van der Waals surface area contributed by atoms with Gasteiger partial charge in [-0.25, -0.2) is 0 Å². The third-order valence-corrected chi connectivity index (χ3v) is 7.05. The van der Waals surface area contributed by atoms with Crippen molar-refractivity contribution in [3.05, 3.63) is 37.5 Å². The average molecular weight is 623 g/mol. The Labute approximate surface area is 274 Å². The van der Waals surface area contributed by atoms with E-state index in [-0.39, 0.29) is 25.2 Å². The molecular weight excluding hydrogens is 548 g/mol. The molecule has 0 amide bonds. The second-order valence-electron chi connectivity index (χ2n) is 11.7. The number of allylic oxidation sites excluding steroid dienone is 4. The zero-order chi connectivity index (χ0) is 33.4. The molecule has 0 aliphatic carbocycles. The topological polar surface area (TPSA) is 72.8 Å². The molecule has 0 saturated carbocycles. The van der Waals surface area contributed by atoms with Gasteiger partial charge in [-0.05, 0) is 44.9 Å². The number of unbranched alkanes of at least 4 members (excludes halogenated alkanes) is 17. The number of hydrogen-bond donors (Lipinski definition) is 1. The van der Waals surface area contributed by atoms with Gasteiger partial charge in [0.2, 0.25) is 0 Å². The Morgan fingerprint density at radius 2 is 0.955 bits per heavy atom. The van der Waals surface area contributed by atoms with Gasteiger partial charge in [-0.15, -0.1) is 13.2 Å². The van der Waals surface area contributed by atoms with Crippen LogP contribution in [0.1, 0.15) is 182 Å². The number of rotatable bonds is 29. The quantitative estimate of drug-likeness (QED) is 0.0510. The van der Waals surface area contributed by atoms with Gasteiger partial charge in [-0.3, -0.25) is 9.59 Å². The zero-order valence-corrected chi connectivity index (χ0v) is 29.8. The molecule has 0 aromatic rings. The minimum Gasteiger partial charge on any atom is -0.463 e. The summed E-state index contributed by atoms with van der Waals surface area (Å²) in [6.07, 6.45) is 34.2. The first-order valence-corrected chi connectivity index (χ1v) is 18.3. The van der Waals surface area contributed by atoms with E-state index < -0.39 is 6.10 Å². The van der Waals surface area contributed by atoms with Crippen LogP contribution in [0.4, 0.5) is 0 Å². The molecule has 0 spiro atoms. The Kier molecular flexibility index (Phi) is 45.7. The maximum absolute atomic E-state index is 11.7. The summed E-state index contributed by atoms with van der Waals surface area (Å²) in [5, 5.41) is 9.77. The highest BCUT2D eigenvalue weighted by Gasteiger charge is 2.12. The first-order chi connectivity index (χ1) is 21.4. The number of hydrogen-bond acceptors (Lipinski definition) is 5. The van der Waals surface area contributed by atoms with Crippen molar-refractivity contribution in [3.63, 3.8) is 0 Å². The van der Waals surface area contributed by atoms with Crippen LogP contribution >= 0.6 is 0 Å². The summed E-state index contributed by atoms with van der Waals surface area (Å²) in [5.74, 6) is -0.610. The molecule has 0 aliphatic heterocycles. The lowest BCUT2D eigenvalue weighted by Gasteiger charge is -2.12. The second-order valence-corrected chi connectivity index (χ2v) is 11.7. The molecule has 0 saturated heterocycles. The van der Waals surface area contributed by atoms with Crippen LogP contribution in [-0.2, 0) is 19.1 Å². The Bertz CT molecular complexity index is 626. The molecule has 0 aromatic carbocycles. The zero-order valence-electron chi connectivity index (χ0n) is 29.8. The molecule has 1 atom stereocenters. The van der Waals surface area contributed by atoms with Crippen LogP contribution in [0, 0.1) is 0 Å². The number of carbonyl (C=O) groups is 2. The third kappa shape index (κ3) is 47.1. The van der Waals surface area contributed by atoms with Gasteiger partial charge in [0.05, 0.1) is 0 Å². The fraction of sp³-hybridized carbons (Fsp3) is 0.795. The van der Waals surface area contributed by atoms with Crippen molar-refractivity contribution in [2.24, 2.45) is 0 Å². The standard InChI is InChI=1S/C24H42O5.C10H20.C5H12/c1-3-5-7-9-10-11-12-13-15-17-19-24(27)29-21-22(25)20-28-23(26)18-16-14-8-6-4-2;1-3-5-7-9-10-8-6-4-2;1-3-5-4-2/h3,7,9,22,25H,1,4-6,8,10-21H2,2H3;3H,1,4-10H2,2H3;3-5H2,1-2H3/b9-7+;;. The molecular formula is C39H74O5. The van der Waals surface area contributed by atoms with E-state index in [4.69, 9.17) is 9.47 Å². The first-order valence-electron chi connectivity index (χ1n) is 18.3. The van der Waals surface area contributed by atoms with E-state index in [1.54, 1.807) is 0 Å². The van der Waals surface area contributed by atoms with Crippen LogP contribution in [0.3, 0.4) is 0 Å². The molecule has 0 aromatic heterocycles. The second kappa shape index (κ2) is 43.2. The number of esters is 2. The van der Waals surface area contributed by atoms with Crippen LogP contribution < -0.4 is 0 Å². The van der Waals surface area contributed by atoms with Crippen molar-refractivity contribution in [3.8, 4) is 0 Å². The minimum absolute atomic E-state index is 0.123. The monoisotopic (exact) mass is 623 g/mol. The Morgan fingerprint density at radius 3 is 1.36 bits per heavy atom. The molecule has 5 nitrogen and oxygen atoms in total. The lowest BCUT2D eigenvalue weighted by atomic mass is 10.1. The molecule has 0 aliphatic rings. The summed E-state index contributed by atoms with van der Waals surface area (Å²) in [6.45, 7) is 15.9. The maximum Gasteiger partial charge on any atom is 0.305 e. The van der Waals surface area contributed by atoms with Crippen molar-refractivity contribution >= 4 is 11.9 Å². The van der Waals surface area contributed by atoms with E-state index in [9.17, 15) is 14.7 Å². The molecule has 0 heterocycles. The van der Waals surface area contributed by atoms with Crippen LogP contribution in [0.15, 0.2) is 37.5 Å². The van der Waals surface area contributed by atoms with E-state index in [2.05, 4.69) is 53.0 Å². The number of aliphatic hydroxyl groups is 1. The number of aliphatic hydroxyl groups excluding tert-OH is 1. The molecule has 44 heavy (non-hydrogen) atoms. The smallest absolute Gasteiger partial charge is 0.305 e. The Hall–Kier alpha value is -1.88. The lowest BCUT2D eigenvalue weighted by molar-refractivity contribution is -0.152. The van der Waals surface area contributed by atoms with Crippen LogP contribution in [-0.4, -0.2) is 36.4 Å². The van der Waals surface area contributed by atoms with E-state index >= 15 is 0 Å². The van der Waals surface area contributed by atoms with Crippen molar-refractivity contribution in [1.82, 2.24) is 0 Å². The van der Waals surface area contributed by atoms with E-state index in [1.807, 2.05) is 12.2 Å². The molecule has 1 unspecified atom stereocenters. The van der Waals surface area contributed by atoms with Crippen LogP contribution in [0.5, 0.6) is 0 Å². The van der Waals surface area contributed by atoms with Gasteiger partial charge >= 0.3 is 11.9 Å². The van der Waals surface area contributed by atoms with E-state index in [1.165, 1.54) is 83.5 Å². The Balaban J connectivity index is -0.000000916. The molecule has 260 valence electrons. The van der Waals surface area contributed by atoms with Gasteiger partial charge in [0, 0.05) is 12.8 Å². The molecule has 0 fully saturated rings. The molecule has 5 heteroatoms. The fourth-order valence-corrected chi connectivity index (χ4v) is 4.24. The summed E-state index contributed by atoms with van der Waals surface area (Å²) >= 11 is 0. The van der Waals surface area contributed by atoms with Crippen molar-refractivity contribution in [2.75, 3.05) is 13.2 Å². The van der Waals surface area contributed by atoms with Gasteiger partial charge in [0.15, 0.2) is 0 Å². The maximum atomic E-state index is 11.7. The summed E-state index contributed by atoms with van der Waals surface area (Å²) in [5.41, 5.74) is 0. The molecule has 0 radical (unpaired) electrons. The highest BCUT2D eigenvalue weighted by Crippen LogP contribution is 2.09. The van der Waals surface area contributed by atoms with Gasteiger partial charge in [-0.1, -0.05) is 148 Å². The number of ether oxygens (including phenoxy) is 2. The molecule has 0 bridgehead atoms. The average Bonchev–Trinajstić information content (AvgIpc) is 3.02. The lowest BCUT2D eigenvalue weighted by Crippen LogP contribution is -2.25.